The lowest BCUT2D eigenvalue weighted by Gasteiger charge is -2.31. The van der Waals surface area contributed by atoms with Crippen LogP contribution in [0.5, 0.6) is 0 Å². The van der Waals surface area contributed by atoms with Gasteiger partial charge in [0.15, 0.2) is 0 Å². The van der Waals surface area contributed by atoms with Gasteiger partial charge in [0.05, 0.1) is 5.75 Å². The van der Waals surface area contributed by atoms with Gasteiger partial charge < -0.3 is 0 Å². The molecule has 1 atom stereocenters. The highest BCUT2D eigenvalue weighted by Crippen LogP contribution is 2.24. The third kappa shape index (κ3) is 4.23. The Kier molecular flexibility index (Phi) is 5.32. The van der Waals surface area contributed by atoms with Crippen LogP contribution in [0.25, 0.3) is 0 Å². The Hall–Kier alpha value is -1.01. The molecular weight excluding hydrogens is 296 g/mol. The van der Waals surface area contributed by atoms with Gasteiger partial charge >= 0.3 is 0 Å². The molecule has 2 rings (SSSR count). The van der Waals surface area contributed by atoms with Crippen molar-refractivity contribution < 1.29 is 17.2 Å². The van der Waals surface area contributed by atoms with Gasteiger partial charge in [-0.15, -0.1) is 0 Å². The van der Waals surface area contributed by atoms with Crippen molar-refractivity contribution in [2.24, 2.45) is 5.92 Å². The van der Waals surface area contributed by atoms with Crippen LogP contribution in [0.2, 0.25) is 0 Å². The molecule has 21 heavy (non-hydrogen) atoms. The highest BCUT2D eigenvalue weighted by molar-refractivity contribution is 7.89. The number of nitrogens with zero attached hydrogens (tertiary/aromatic N) is 1. The first-order chi connectivity index (χ1) is 9.92. The van der Waals surface area contributed by atoms with Gasteiger partial charge in [0, 0.05) is 19.2 Å². The van der Waals surface area contributed by atoms with Crippen molar-refractivity contribution in [3.63, 3.8) is 0 Å². The van der Waals surface area contributed by atoms with E-state index in [9.17, 15) is 17.2 Å². The molecule has 1 saturated heterocycles. The zero-order valence-electron chi connectivity index (χ0n) is 12.2. The van der Waals surface area contributed by atoms with Gasteiger partial charge in [-0.2, -0.15) is 0 Å². The highest BCUT2D eigenvalue weighted by Gasteiger charge is 2.27. The van der Waals surface area contributed by atoms with E-state index in [1.165, 1.54) is 12.1 Å². The summed E-state index contributed by atoms with van der Waals surface area (Å²) in [5.74, 6) is -0.741. The van der Waals surface area contributed by atoms with Crippen LogP contribution in [0.1, 0.15) is 31.7 Å². The maximum Gasteiger partial charge on any atom is 0.213 e. The lowest BCUT2D eigenvalue weighted by molar-refractivity contribution is 0.256. The molecule has 1 aromatic rings. The molecular formula is C15H21F2NO2S. The van der Waals surface area contributed by atoms with Gasteiger partial charge in [0.25, 0.3) is 0 Å². The van der Waals surface area contributed by atoms with Crippen molar-refractivity contribution in [2.75, 3.05) is 18.8 Å². The monoisotopic (exact) mass is 317 g/mol. The number of halogens is 2. The van der Waals surface area contributed by atoms with Gasteiger partial charge in [-0.05, 0) is 50.2 Å². The molecule has 0 unspecified atom stereocenters. The minimum absolute atomic E-state index is 0.117. The van der Waals surface area contributed by atoms with E-state index in [-0.39, 0.29) is 11.7 Å². The van der Waals surface area contributed by atoms with E-state index in [0.29, 0.717) is 25.1 Å². The van der Waals surface area contributed by atoms with Crippen LogP contribution < -0.4 is 0 Å². The summed E-state index contributed by atoms with van der Waals surface area (Å²) >= 11 is 0. The van der Waals surface area contributed by atoms with Gasteiger partial charge in [0.1, 0.15) is 11.6 Å². The van der Waals surface area contributed by atoms with Crippen molar-refractivity contribution in [1.82, 2.24) is 4.31 Å². The van der Waals surface area contributed by atoms with Crippen molar-refractivity contribution in [2.45, 2.75) is 32.6 Å². The number of aryl methyl sites for hydroxylation is 1. The Bertz CT molecular complexity index is 589. The van der Waals surface area contributed by atoms with Crippen molar-refractivity contribution in [1.29, 1.82) is 0 Å². The van der Waals surface area contributed by atoms with Gasteiger partial charge in [-0.1, -0.05) is 6.07 Å². The molecule has 1 heterocycles. The molecule has 0 amide bonds. The number of benzene rings is 1. The predicted octanol–water partition coefficient (Wildman–Crippen LogP) is 2.96. The average Bonchev–Trinajstić information content (AvgIpc) is 2.46. The standard InChI is InChI=1S/C15H21F2NO2S/c1-2-21(19,20)18-9-3-4-12(11-18)5-6-13-7-8-14(16)10-15(13)17/h7-8,10,12H,2-6,9,11H2,1H3/t12-/m0/s1. The lowest BCUT2D eigenvalue weighted by atomic mass is 9.92. The normalized spacial score (nSPS) is 20.6. The van der Waals surface area contributed by atoms with E-state index in [1.54, 1.807) is 11.2 Å². The van der Waals surface area contributed by atoms with Crippen LogP contribution in [0, 0.1) is 17.6 Å². The second kappa shape index (κ2) is 6.83. The summed E-state index contributed by atoms with van der Waals surface area (Å²) in [4.78, 5) is 0. The summed E-state index contributed by atoms with van der Waals surface area (Å²) in [5, 5.41) is 0. The third-order valence-corrected chi connectivity index (χ3v) is 5.92. The fraction of sp³-hybridized carbons (Fsp3) is 0.600. The fourth-order valence-electron chi connectivity index (χ4n) is 2.78. The Balaban J connectivity index is 1.94. The Morgan fingerprint density at radius 2 is 2.10 bits per heavy atom. The number of rotatable bonds is 5. The molecule has 0 radical (unpaired) electrons. The maximum absolute atomic E-state index is 13.6. The highest BCUT2D eigenvalue weighted by atomic mass is 32.2. The number of sulfonamides is 1. The first-order valence-electron chi connectivity index (χ1n) is 7.34. The summed E-state index contributed by atoms with van der Waals surface area (Å²) in [6, 6.07) is 3.62. The molecule has 1 aliphatic heterocycles. The Morgan fingerprint density at radius 1 is 1.33 bits per heavy atom. The molecule has 1 fully saturated rings. The summed E-state index contributed by atoms with van der Waals surface area (Å²) in [7, 11) is -3.14. The van der Waals surface area contributed by atoms with Gasteiger partial charge in [0.2, 0.25) is 10.0 Å². The van der Waals surface area contributed by atoms with Crippen molar-refractivity contribution in [3.8, 4) is 0 Å². The molecule has 1 aliphatic rings. The van der Waals surface area contributed by atoms with E-state index in [4.69, 9.17) is 0 Å². The zero-order valence-corrected chi connectivity index (χ0v) is 13.0. The van der Waals surface area contributed by atoms with E-state index in [0.717, 1.165) is 25.3 Å². The second-order valence-corrected chi connectivity index (χ2v) is 7.80. The molecule has 1 aromatic carbocycles. The third-order valence-electron chi connectivity index (χ3n) is 4.08. The van der Waals surface area contributed by atoms with E-state index in [2.05, 4.69) is 0 Å². The summed E-state index contributed by atoms with van der Waals surface area (Å²) < 4.78 is 51.8. The van der Waals surface area contributed by atoms with Gasteiger partial charge in [-0.3, -0.25) is 0 Å². The lowest BCUT2D eigenvalue weighted by Crippen LogP contribution is -2.40. The maximum atomic E-state index is 13.6. The Labute approximate surface area is 125 Å². The van der Waals surface area contributed by atoms with E-state index in [1.807, 2.05) is 0 Å². The number of piperidine rings is 1. The molecule has 6 heteroatoms. The molecule has 0 bridgehead atoms. The largest absolute Gasteiger partial charge is 0.213 e. The summed E-state index contributed by atoms with van der Waals surface area (Å²) in [5.41, 5.74) is 0.492. The van der Waals surface area contributed by atoms with E-state index >= 15 is 0 Å². The molecule has 0 spiro atoms. The van der Waals surface area contributed by atoms with Crippen LogP contribution in [-0.2, 0) is 16.4 Å². The van der Waals surface area contributed by atoms with E-state index < -0.39 is 21.7 Å². The quantitative estimate of drug-likeness (QED) is 0.837. The van der Waals surface area contributed by atoms with Crippen molar-refractivity contribution >= 4 is 10.0 Å². The molecule has 0 aromatic heterocycles. The topological polar surface area (TPSA) is 37.4 Å². The molecule has 0 saturated carbocycles. The Morgan fingerprint density at radius 3 is 2.76 bits per heavy atom. The molecule has 0 aliphatic carbocycles. The summed E-state index contributed by atoms with van der Waals surface area (Å²) in [6.45, 7) is 2.74. The average molecular weight is 317 g/mol. The molecule has 118 valence electrons. The fourth-order valence-corrected chi connectivity index (χ4v) is 3.99. The minimum atomic E-state index is -3.14. The van der Waals surface area contributed by atoms with Crippen molar-refractivity contribution in [3.05, 3.63) is 35.4 Å². The minimum Gasteiger partial charge on any atom is -0.212 e. The predicted molar refractivity (Wildman–Crippen MR) is 78.4 cm³/mol. The van der Waals surface area contributed by atoms with Crippen LogP contribution >= 0.6 is 0 Å². The SMILES string of the molecule is CCS(=O)(=O)N1CCC[C@@H](CCc2ccc(F)cc2F)C1. The molecule has 0 N–H and O–H groups in total. The van der Waals surface area contributed by atoms with Crippen LogP contribution in [0.3, 0.4) is 0 Å². The number of hydrogen-bond donors (Lipinski definition) is 0. The zero-order chi connectivity index (χ0) is 15.5. The van der Waals surface area contributed by atoms with Crippen LogP contribution in [0.4, 0.5) is 8.78 Å². The second-order valence-electron chi connectivity index (χ2n) is 5.54. The summed E-state index contributed by atoms with van der Waals surface area (Å²) in [6.07, 6.45) is 3.03. The number of hydrogen-bond acceptors (Lipinski definition) is 2. The van der Waals surface area contributed by atoms with Crippen LogP contribution in [-0.4, -0.2) is 31.6 Å². The first kappa shape index (κ1) is 16.4. The first-order valence-corrected chi connectivity index (χ1v) is 8.95. The van der Waals surface area contributed by atoms with Gasteiger partial charge in [-0.25, -0.2) is 21.5 Å². The van der Waals surface area contributed by atoms with Crippen LogP contribution in [0.15, 0.2) is 18.2 Å². The smallest absolute Gasteiger partial charge is 0.212 e. The molecule has 3 nitrogen and oxygen atoms in total.